The molecule has 0 radical (unpaired) electrons. The Labute approximate surface area is 84.2 Å². The van der Waals surface area contributed by atoms with Crippen LogP contribution in [0, 0.1) is 0 Å². The predicted molar refractivity (Wildman–Crippen MR) is 44.6 cm³/mol. The lowest BCUT2D eigenvalue weighted by Crippen LogP contribution is -2.56. The largest absolute Gasteiger partial charge is 0.411 e. The van der Waals surface area contributed by atoms with Gasteiger partial charge in [-0.2, -0.15) is 13.2 Å². The van der Waals surface area contributed by atoms with Crippen molar-refractivity contribution in [2.45, 2.75) is 31.5 Å². The number of primary amides is 1. The average molecular weight is 224 g/mol. The molecule has 0 saturated carbocycles. The molecule has 86 valence electrons. The van der Waals surface area contributed by atoms with Crippen molar-refractivity contribution in [2.24, 2.45) is 5.73 Å². The minimum atomic E-state index is -4.55. The van der Waals surface area contributed by atoms with Crippen LogP contribution in [0.25, 0.3) is 0 Å². The molecular weight excluding hydrogens is 213 g/mol. The number of rotatable bonds is 2. The second-order valence-corrected chi connectivity index (χ2v) is 3.72. The van der Waals surface area contributed by atoms with Crippen LogP contribution in [0.15, 0.2) is 0 Å². The summed E-state index contributed by atoms with van der Waals surface area (Å²) in [5.74, 6) is -1.63. The molecule has 1 aliphatic heterocycles. The van der Waals surface area contributed by atoms with E-state index in [0.717, 1.165) is 6.92 Å². The standard InChI is InChI=1S/C8H11F3N2O2/c1-7(8(9,10)11)3-2-6(15)13(7)4-5(12)14/h2-4H2,1H3,(H2,12,14). The summed E-state index contributed by atoms with van der Waals surface area (Å²) in [4.78, 5) is 22.3. The Morgan fingerprint density at radius 2 is 2.13 bits per heavy atom. The van der Waals surface area contributed by atoms with E-state index in [1.807, 2.05) is 0 Å². The maximum atomic E-state index is 12.7. The van der Waals surface area contributed by atoms with E-state index in [-0.39, 0.29) is 12.8 Å². The summed E-state index contributed by atoms with van der Waals surface area (Å²) in [6.07, 6.45) is -5.08. The van der Waals surface area contributed by atoms with Crippen LogP contribution in [0.2, 0.25) is 0 Å². The molecule has 1 aliphatic rings. The summed E-state index contributed by atoms with van der Waals surface area (Å²) < 4.78 is 38.0. The van der Waals surface area contributed by atoms with Crippen LogP contribution in [-0.4, -0.2) is 35.0 Å². The summed E-state index contributed by atoms with van der Waals surface area (Å²) in [6, 6.07) is 0. The molecule has 15 heavy (non-hydrogen) atoms. The highest BCUT2D eigenvalue weighted by atomic mass is 19.4. The van der Waals surface area contributed by atoms with Crippen LogP contribution in [0.4, 0.5) is 13.2 Å². The van der Waals surface area contributed by atoms with Gasteiger partial charge in [0, 0.05) is 6.42 Å². The number of amides is 2. The Bertz CT molecular complexity index is 303. The molecule has 0 bridgehead atoms. The monoisotopic (exact) mass is 224 g/mol. The zero-order valence-corrected chi connectivity index (χ0v) is 8.10. The molecule has 1 rings (SSSR count). The Balaban J connectivity index is 2.98. The maximum Gasteiger partial charge on any atom is 0.411 e. The molecule has 0 aromatic rings. The van der Waals surface area contributed by atoms with Gasteiger partial charge in [0.1, 0.15) is 12.1 Å². The SMILES string of the molecule is CC1(C(F)(F)F)CCC(=O)N1CC(N)=O. The first-order valence-electron chi connectivity index (χ1n) is 4.34. The molecule has 1 fully saturated rings. The fraction of sp³-hybridized carbons (Fsp3) is 0.750. The number of nitrogens with two attached hydrogens (primary N) is 1. The van der Waals surface area contributed by atoms with E-state index >= 15 is 0 Å². The van der Waals surface area contributed by atoms with E-state index in [0.29, 0.717) is 4.90 Å². The lowest BCUT2D eigenvalue weighted by atomic mass is 9.98. The van der Waals surface area contributed by atoms with E-state index in [1.54, 1.807) is 0 Å². The molecule has 0 spiro atoms. The van der Waals surface area contributed by atoms with Crippen LogP contribution < -0.4 is 5.73 Å². The second kappa shape index (κ2) is 3.39. The van der Waals surface area contributed by atoms with Gasteiger partial charge in [0.2, 0.25) is 11.8 Å². The number of halogens is 3. The molecule has 4 nitrogen and oxygen atoms in total. The fourth-order valence-electron chi connectivity index (χ4n) is 1.61. The first-order chi connectivity index (χ1) is 6.68. The van der Waals surface area contributed by atoms with Crippen LogP contribution in [0.1, 0.15) is 19.8 Å². The average Bonchev–Trinajstić information content (AvgIpc) is 2.32. The van der Waals surface area contributed by atoms with Gasteiger partial charge < -0.3 is 10.6 Å². The molecular formula is C8H11F3N2O2. The molecule has 2 N–H and O–H groups in total. The number of carbonyl (C=O) groups is 2. The van der Waals surface area contributed by atoms with E-state index in [1.165, 1.54) is 0 Å². The summed E-state index contributed by atoms with van der Waals surface area (Å²) >= 11 is 0. The summed E-state index contributed by atoms with van der Waals surface area (Å²) in [5, 5.41) is 0. The van der Waals surface area contributed by atoms with Gasteiger partial charge in [0.25, 0.3) is 0 Å². The number of alkyl halides is 3. The van der Waals surface area contributed by atoms with Gasteiger partial charge in [-0.1, -0.05) is 0 Å². The second-order valence-electron chi connectivity index (χ2n) is 3.72. The molecule has 1 saturated heterocycles. The normalized spacial score (nSPS) is 27.2. The number of nitrogens with zero attached hydrogens (tertiary/aromatic N) is 1. The fourth-order valence-corrected chi connectivity index (χ4v) is 1.61. The highest BCUT2D eigenvalue weighted by Crippen LogP contribution is 2.42. The first kappa shape index (κ1) is 11.8. The zero-order chi connectivity index (χ0) is 11.9. The molecule has 0 aliphatic carbocycles. The van der Waals surface area contributed by atoms with Gasteiger partial charge >= 0.3 is 6.18 Å². The molecule has 1 atom stereocenters. The van der Waals surface area contributed by atoms with Crippen LogP contribution in [0.3, 0.4) is 0 Å². The van der Waals surface area contributed by atoms with Gasteiger partial charge in [-0.3, -0.25) is 9.59 Å². The van der Waals surface area contributed by atoms with Crippen molar-refractivity contribution < 1.29 is 22.8 Å². The van der Waals surface area contributed by atoms with Gasteiger partial charge in [-0.15, -0.1) is 0 Å². The summed E-state index contributed by atoms with van der Waals surface area (Å²) in [7, 11) is 0. The molecule has 2 amide bonds. The smallest absolute Gasteiger partial charge is 0.368 e. The first-order valence-corrected chi connectivity index (χ1v) is 4.34. The minimum absolute atomic E-state index is 0.205. The summed E-state index contributed by atoms with van der Waals surface area (Å²) in [5.41, 5.74) is 2.53. The van der Waals surface area contributed by atoms with Gasteiger partial charge in [0.15, 0.2) is 0 Å². The van der Waals surface area contributed by atoms with E-state index in [9.17, 15) is 22.8 Å². The predicted octanol–water partition coefficient (Wildman–Crippen LogP) is 0.415. The number of likely N-dealkylation sites (tertiary alicyclic amines) is 1. The lowest BCUT2D eigenvalue weighted by Gasteiger charge is -2.36. The quantitative estimate of drug-likeness (QED) is 0.738. The van der Waals surface area contributed by atoms with Crippen molar-refractivity contribution in [3.05, 3.63) is 0 Å². The van der Waals surface area contributed by atoms with Crippen LogP contribution >= 0.6 is 0 Å². The summed E-state index contributed by atoms with van der Waals surface area (Å²) in [6.45, 7) is 0.218. The van der Waals surface area contributed by atoms with Gasteiger partial charge in [-0.05, 0) is 13.3 Å². The van der Waals surface area contributed by atoms with Crippen LogP contribution in [0.5, 0.6) is 0 Å². The topological polar surface area (TPSA) is 63.4 Å². The van der Waals surface area contributed by atoms with E-state index < -0.39 is 30.1 Å². The molecule has 0 aromatic carbocycles. The van der Waals surface area contributed by atoms with Gasteiger partial charge in [-0.25, -0.2) is 0 Å². The highest BCUT2D eigenvalue weighted by molar-refractivity contribution is 5.86. The molecule has 1 heterocycles. The minimum Gasteiger partial charge on any atom is -0.368 e. The lowest BCUT2D eigenvalue weighted by molar-refractivity contribution is -0.217. The Hall–Kier alpha value is -1.27. The molecule has 7 heteroatoms. The van der Waals surface area contributed by atoms with Crippen molar-refractivity contribution in [1.29, 1.82) is 0 Å². The van der Waals surface area contributed by atoms with E-state index in [2.05, 4.69) is 0 Å². The number of hydrogen-bond donors (Lipinski definition) is 1. The Morgan fingerprint density at radius 1 is 1.60 bits per heavy atom. The third kappa shape index (κ3) is 1.91. The zero-order valence-electron chi connectivity index (χ0n) is 8.10. The van der Waals surface area contributed by atoms with Gasteiger partial charge in [0.05, 0.1) is 0 Å². The van der Waals surface area contributed by atoms with Crippen molar-refractivity contribution in [3.8, 4) is 0 Å². The van der Waals surface area contributed by atoms with Crippen molar-refractivity contribution in [1.82, 2.24) is 4.90 Å². The highest BCUT2D eigenvalue weighted by Gasteiger charge is 2.59. The number of carbonyl (C=O) groups excluding carboxylic acids is 2. The maximum absolute atomic E-state index is 12.7. The Kier molecular flexibility index (Phi) is 2.67. The third-order valence-electron chi connectivity index (χ3n) is 2.65. The van der Waals surface area contributed by atoms with E-state index in [4.69, 9.17) is 5.73 Å². The Morgan fingerprint density at radius 3 is 2.53 bits per heavy atom. The third-order valence-corrected chi connectivity index (χ3v) is 2.65. The number of hydrogen-bond acceptors (Lipinski definition) is 2. The molecule has 0 aromatic heterocycles. The van der Waals surface area contributed by atoms with Crippen molar-refractivity contribution >= 4 is 11.8 Å². The van der Waals surface area contributed by atoms with Crippen LogP contribution in [-0.2, 0) is 9.59 Å². The van der Waals surface area contributed by atoms with Crippen molar-refractivity contribution in [2.75, 3.05) is 6.54 Å². The molecule has 1 unspecified atom stereocenters. The van der Waals surface area contributed by atoms with Crippen molar-refractivity contribution in [3.63, 3.8) is 0 Å².